The molecule has 154 valence electrons. The van der Waals surface area contributed by atoms with Gasteiger partial charge in [0.1, 0.15) is 11.3 Å². The molecule has 1 aliphatic rings. The van der Waals surface area contributed by atoms with E-state index in [1.165, 1.54) is 12.1 Å². The van der Waals surface area contributed by atoms with Crippen molar-refractivity contribution >= 4 is 33.4 Å². The second-order valence-corrected chi connectivity index (χ2v) is 9.42. The first-order valence-corrected chi connectivity index (χ1v) is 11.2. The Labute approximate surface area is 174 Å². The van der Waals surface area contributed by atoms with Gasteiger partial charge in [0.05, 0.1) is 11.5 Å². The Morgan fingerprint density at radius 3 is 2.45 bits per heavy atom. The summed E-state index contributed by atoms with van der Waals surface area (Å²) in [6.07, 6.45) is 1.56. The zero-order chi connectivity index (χ0) is 21.2. The molecule has 29 heavy (non-hydrogen) atoms. The molecule has 0 radical (unpaired) electrons. The minimum Gasteiger partial charge on any atom is -0.493 e. The molecule has 1 heterocycles. The number of benzene rings is 2. The fourth-order valence-electron chi connectivity index (χ4n) is 3.10. The third kappa shape index (κ3) is 4.54. The molecule has 0 aliphatic carbocycles. The molecule has 3 rings (SSSR count). The van der Waals surface area contributed by atoms with Crippen LogP contribution < -0.4 is 10.1 Å². The van der Waals surface area contributed by atoms with Crippen LogP contribution in [0.4, 0.5) is 4.79 Å². The van der Waals surface area contributed by atoms with Crippen LogP contribution in [0.15, 0.2) is 53.4 Å². The number of halogens is 1. The van der Waals surface area contributed by atoms with Gasteiger partial charge in [0.15, 0.2) is 9.84 Å². The van der Waals surface area contributed by atoms with E-state index in [1.54, 1.807) is 43.3 Å². The zero-order valence-corrected chi connectivity index (χ0v) is 17.6. The molecule has 1 atom stereocenters. The van der Waals surface area contributed by atoms with Gasteiger partial charge in [0.25, 0.3) is 5.91 Å². The number of ether oxygens (including phenoxy) is 1. The minimum atomic E-state index is -3.34. The Bertz CT molecular complexity index is 1040. The quantitative estimate of drug-likeness (QED) is 0.532. The second-order valence-electron chi connectivity index (χ2n) is 6.97. The number of hydrogen-bond acceptors (Lipinski definition) is 5. The number of rotatable bonds is 7. The summed E-state index contributed by atoms with van der Waals surface area (Å²) in [5.41, 5.74) is -0.734. The lowest BCUT2D eigenvalue weighted by atomic mass is 9.92. The molecule has 1 aliphatic heterocycles. The number of hydrogen-bond donors (Lipinski definition) is 1. The lowest BCUT2D eigenvalue weighted by Gasteiger charge is -2.22. The van der Waals surface area contributed by atoms with Crippen molar-refractivity contribution in [1.82, 2.24) is 10.2 Å². The molecular weight excluding hydrogens is 416 g/mol. The molecule has 0 aromatic heterocycles. The van der Waals surface area contributed by atoms with E-state index in [1.807, 2.05) is 0 Å². The highest BCUT2D eigenvalue weighted by Gasteiger charge is 2.48. The van der Waals surface area contributed by atoms with Gasteiger partial charge < -0.3 is 10.1 Å². The average molecular weight is 437 g/mol. The summed E-state index contributed by atoms with van der Waals surface area (Å²) in [6.45, 7) is 2.12. The van der Waals surface area contributed by atoms with Crippen LogP contribution in [0.2, 0.25) is 5.02 Å². The Balaban J connectivity index is 1.64. The average Bonchev–Trinajstić information content (AvgIpc) is 2.88. The Morgan fingerprint density at radius 2 is 1.83 bits per heavy atom. The predicted octanol–water partition coefficient (Wildman–Crippen LogP) is 2.98. The molecule has 0 spiro atoms. The maximum absolute atomic E-state index is 12.9. The lowest BCUT2D eigenvalue weighted by Crippen LogP contribution is -2.41. The Morgan fingerprint density at radius 1 is 1.14 bits per heavy atom. The zero-order valence-electron chi connectivity index (χ0n) is 16.0. The van der Waals surface area contributed by atoms with E-state index in [0.29, 0.717) is 29.4 Å². The highest BCUT2D eigenvalue weighted by molar-refractivity contribution is 7.90. The number of carbonyl (C=O) groups excluding carboxylic acids is 2. The summed E-state index contributed by atoms with van der Waals surface area (Å²) < 4.78 is 28.8. The third-order valence-corrected chi connectivity index (χ3v) is 6.09. The van der Waals surface area contributed by atoms with E-state index < -0.39 is 27.3 Å². The van der Waals surface area contributed by atoms with Crippen molar-refractivity contribution in [3.8, 4) is 5.75 Å². The highest BCUT2D eigenvalue weighted by Crippen LogP contribution is 2.29. The molecule has 0 bridgehead atoms. The summed E-state index contributed by atoms with van der Waals surface area (Å²) in [5, 5.41) is 3.26. The van der Waals surface area contributed by atoms with Gasteiger partial charge in [-0.05, 0) is 49.2 Å². The van der Waals surface area contributed by atoms with Crippen LogP contribution in [0, 0.1) is 0 Å². The van der Waals surface area contributed by atoms with Crippen molar-refractivity contribution in [3.63, 3.8) is 0 Å². The SMILES string of the molecule is CC1(c2ccc(S(C)(=O)=O)cc2)NC(=O)N(CCCOc2cccc(Cl)c2)C1=O. The van der Waals surface area contributed by atoms with Crippen LogP contribution >= 0.6 is 11.6 Å². The number of carbonyl (C=O) groups is 2. The van der Waals surface area contributed by atoms with Crippen molar-refractivity contribution in [2.45, 2.75) is 23.8 Å². The van der Waals surface area contributed by atoms with Crippen LogP contribution in [0.3, 0.4) is 0 Å². The molecule has 2 aromatic carbocycles. The number of urea groups is 1. The number of amides is 3. The molecule has 0 saturated carbocycles. The standard InChI is InChI=1S/C20H21ClN2O5S/c1-20(14-7-9-17(10-8-14)29(2,26)27)18(24)23(19(25)22-20)11-4-12-28-16-6-3-5-15(21)13-16/h3,5-10,13H,4,11-12H2,1-2H3,(H,22,25). The van der Waals surface area contributed by atoms with Crippen LogP contribution in [-0.2, 0) is 20.2 Å². The number of sulfone groups is 1. The summed E-state index contributed by atoms with van der Waals surface area (Å²) in [4.78, 5) is 26.5. The largest absolute Gasteiger partial charge is 0.493 e. The van der Waals surface area contributed by atoms with E-state index >= 15 is 0 Å². The van der Waals surface area contributed by atoms with E-state index in [4.69, 9.17) is 16.3 Å². The Hall–Kier alpha value is -2.58. The molecule has 2 aromatic rings. The van der Waals surface area contributed by atoms with Gasteiger partial charge in [0.2, 0.25) is 0 Å². The first kappa shape index (κ1) is 21.1. The smallest absolute Gasteiger partial charge is 0.325 e. The van der Waals surface area contributed by atoms with Crippen molar-refractivity contribution in [3.05, 3.63) is 59.1 Å². The molecule has 1 N–H and O–H groups in total. The van der Waals surface area contributed by atoms with Crippen LogP contribution in [0.25, 0.3) is 0 Å². The van der Waals surface area contributed by atoms with Crippen LogP contribution in [0.5, 0.6) is 5.75 Å². The third-order valence-electron chi connectivity index (χ3n) is 4.73. The summed E-state index contributed by atoms with van der Waals surface area (Å²) in [7, 11) is -3.34. The van der Waals surface area contributed by atoms with E-state index in [0.717, 1.165) is 11.2 Å². The van der Waals surface area contributed by atoms with E-state index in [9.17, 15) is 18.0 Å². The van der Waals surface area contributed by atoms with Gasteiger partial charge in [-0.3, -0.25) is 9.69 Å². The Kier molecular flexibility index (Phi) is 5.86. The topological polar surface area (TPSA) is 92.8 Å². The number of nitrogens with one attached hydrogen (secondary N) is 1. The van der Waals surface area contributed by atoms with Crippen LogP contribution in [0.1, 0.15) is 18.9 Å². The first-order chi connectivity index (χ1) is 13.6. The lowest BCUT2D eigenvalue weighted by molar-refractivity contribution is -0.131. The van der Waals surface area contributed by atoms with Gasteiger partial charge in [0, 0.05) is 17.8 Å². The van der Waals surface area contributed by atoms with Gasteiger partial charge in [-0.25, -0.2) is 13.2 Å². The monoisotopic (exact) mass is 436 g/mol. The molecule has 1 fully saturated rings. The summed E-state index contributed by atoms with van der Waals surface area (Å²) >= 11 is 5.90. The number of nitrogens with zero attached hydrogens (tertiary/aromatic N) is 1. The maximum atomic E-state index is 12.9. The fraction of sp³-hybridized carbons (Fsp3) is 0.300. The normalized spacial score (nSPS) is 19.3. The first-order valence-electron chi connectivity index (χ1n) is 8.94. The molecule has 9 heteroatoms. The molecule has 7 nitrogen and oxygen atoms in total. The maximum Gasteiger partial charge on any atom is 0.325 e. The van der Waals surface area contributed by atoms with Crippen LogP contribution in [-0.4, -0.2) is 44.7 Å². The highest BCUT2D eigenvalue weighted by atomic mass is 35.5. The predicted molar refractivity (Wildman–Crippen MR) is 109 cm³/mol. The van der Waals surface area contributed by atoms with Gasteiger partial charge >= 0.3 is 6.03 Å². The van der Waals surface area contributed by atoms with Crippen molar-refractivity contribution in [1.29, 1.82) is 0 Å². The van der Waals surface area contributed by atoms with E-state index in [-0.39, 0.29) is 11.4 Å². The molecule has 3 amide bonds. The van der Waals surface area contributed by atoms with E-state index in [2.05, 4.69) is 5.32 Å². The number of imide groups is 1. The molecule has 1 saturated heterocycles. The van der Waals surface area contributed by atoms with Gasteiger partial charge in [-0.15, -0.1) is 0 Å². The second kappa shape index (κ2) is 8.04. The van der Waals surface area contributed by atoms with Crippen molar-refractivity contribution < 1.29 is 22.7 Å². The van der Waals surface area contributed by atoms with Crippen molar-refractivity contribution in [2.75, 3.05) is 19.4 Å². The summed E-state index contributed by atoms with van der Waals surface area (Å²) in [5.74, 6) is 0.225. The van der Waals surface area contributed by atoms with Gasteiger partial charge in [-0.1, -0.05) is 29.8 Å². The van der Waals surface area contributed by atoms with Crippen molar-refractivity contribution in [2.24, 2.45) is 0 Å². The molecule has 1 unspecified atom stereocenters. The van der Waals surface area contributed by atoms with Gasteiger partial charge in [-0.2, -0.15) is 0 Å². The summed E-state index contributed by atoms with van der Waals surface area (Å²) in [6, 6.07) is 12.4. The fourth-order valence-corrected chi connectivity index (χ4v) is 3.91. The minimum absolute atomic E-state index is 0.150. The molecular formula is C20H21ClN2O5S.